The number of hydrogen-bond donors (Lipinski definition) is 0. The van der Waals surface area contributed by atoms with Gasteiger partial charge in [-0.15, -0.1) is 0 Å². The van der Waals surface area contributed by atoms with Gasteiger partial charge in [-0.1, -0.05) is 29.9 Å². The lowest BCUT2D eigenvalue weighted by Crippen LogP contribution is -2.39. The average Bonchev–Trinajstić information content (AvgIpc) is 3.02. The molecule has 110 valence electrons. The number of likely N-dealkylation sites (N-methyl/N-ethyl adjacent to an activating group) is 1. The lowest BCUT2D eigenvalue weighted by Gasteiger charge is -2.36. The van der Waals surface area contributed by atoms with Crippen LogP contribution in [0.2, 0.25) is 0 Å². The zero-order chi connectivity index (χ0) is 14.6. The van der Waals surface area contributed by atoms with Crippen molar-refractivity contribution in [1.82, 2.24) is 4.90 Å². The first kappa shape index (κ1) is 13.0. The number of rotatable bonds is 1. The van der Waals surface area contributed by atoms with E-state index >= 15 is 0 Å². The Morgan fingerprint density at radius 3 is 3.00 bits per heavy atom. The molecule has 1 aliphatic carbocycles. The summed E-state index contributed by atoms with van der Waals surface area (Å²) in [5, 5.41) is 0. The van der Waals surface area contributed by atoms with E-state index in [1.165, 1.54) is 23.2 Å². The summed E-state index contributed by atoms with van der Waals surface area (Å²) in [6, 6.07) is 7.21. The van der Waals surface area contributed by atoms with E-state index in [2.05, 4.69) is 67.2 Å². The molecule has 0 bridgehead atoms. The molecule has 1 fully saturated rings. The fourth-order valence-electron chi connectivity index (χ4n) is 3.97. The maximum absolute atomic E-state index is 5.81. The number of benzene rings is 1. The fraction of sp³-hybridized carbons (Fsp3) is 0.444. The molecule has 2 atom stereocenters. The maximum Gasteiger partial charge on any atom is 0.161 e. The van der Waals surface area contributed by atoms with Gasteiger partial charge in [-0.25, -0.2) is 0 Å². The van der Waals surface area contributed by atoms with E-state index in [0.29, 0.717) is 12.8 Å². The van der Waals surface area contributed by atoms with E-state index in [1.807, 2.05) is 0 Å². The normalized spacial score (nSPS) is 30.9. The highest BCUT2D eigenvalue weighted by Gasteiger charge is 2.45. The average molecular weight is 282 g/mol. The number of hydrogen-bond acceptors (Lipinski definition) is 3. The van der Waals surface area contributed by atoms with Crippen LogP contribution in [-0.2, 0) is 5.41 Å². The maximum atomic E-state index is 5.81. The predicted octanol–water partition coefficient (Wildman–Crippen LogP) is 2.93. The van der Waals surface area contributed by atoms with Gasteiger partial charge in [-0.2, -0.15) is 0 Å². The van der Waals surface area contributed by atoms with E-state index in [0.717, 1.165) is 12.3 Å². The van der Waals surface area contributed by atoms with E-state index in [-0.39, 0.29) is 5.41 Å². The van der Waals surface area contributed by atoms with E-state index in [1.54, 1.807) is 0 Å². The second-order valence-corrected chi connectivity index (χ2v) is 6.61. The van der Waals surface area contributed by atoms with Crippen LogP contribution >= 0.6 is 0 Å². The molecule has 1 aromatic carbocycles. The van der Waals surface area contributed by atoms with E-state index in [4.69, 9.17) is 4.74 Å². The molecule has 1 saturated heterocycles. The predicted molar refractivity (Wildman–Crippen MR) is 86.0 cm³/mol. The van der Waals surface area contributed by atoms with Crippen molar-refractivity contribution in [2.45, 2.75) is 24.8 Å². The van der Waals surface area contributed by atoms with Crippen molar-refractivity contribution < 1.29 is 4.74 Å². The monoisotopic (exact) mass is 282 g/mol. The summed E-state index contributed by atoms with van der Waals surface area (Å²) in [6.07, 6.45) is 8.27. The van der Waals surface area contributed by atoms with Crippen LogP contribution in [0.4, 0.5) is 5.69 Å². The molecule has 0 aromatic heterocycles. The molecule has 3 heteroatoms. The van der Waals surface area contributed by atoms with E-state index < -0.39 is 0 Å². The van der Waals surface area contributed by atoms with Crippen LogP contribution in [0.15, 0.2) is 42.0 Å². The Morgan fingerprint density at radius 2 is 2.14 bits per heavy atom. The molecule has 3 nitrogen and oxygen atoms in total. The van der Waals surface area contributed by atoms with Gasteiger partial charge in [0.1, 0.15) is 5.75 Å². The summed E-state index contributed by atoms with van der Waals surface area (Å²) < 4.78 is 5.81. The smallest absolute Gasteiger partial charge is 0.161 e. The van der Waals surface area contributed by atoms with Gasteiger partial charge in [0.2, 0.25) is 0 Å². The third-order valence-corrected chi connectivity index (χ3v) is 5.27. The molecule has 0 N–H and O–H groups in total. The lowest BCUT2D eigenvalue weighted by molar-refractivity contribution is 0.316. The van der Waals surface area contributed by atoms with Gasteiger partial charge < -0.3 is 9.64 Å². The van der Waals surface area contributed by atoms with Crippen LogP contribution in [0.3, 0.4) is 0 Å². The van der Waals surface area contributed by atoms with Crippen molar-refractivity contribution in [3.63, 3.8) is 0 Å². The van der Waals surface area contributed by atoms with Crippen molar-refractivity contribution in [2.24, 2.45) is 0 Å². The summed E-state index contributed by atoms with van der Waals surface area (Å²) in [5.74, 6) is 1.03. The molecule has 0 unspecified atom stereocenters. The third kappa shape index (κ3) is 1.77. The number of nitrogens with zero attached hydrogens (tertiary/aromatic N) is 2. The first-order chi connectivity index (χ1) is 10.1. The first-order valence-electron chi connectivity index (χ1n) is 7.66. The molecular formula is C18H22N2O. The summed E-state index contributed by atoms with van der Waals surface area (Å²) in [5.41, 5.74) is 4.05. The van der Waals surface area contributed by atoms with Crippen LogP contribution in [0.25, 0.3) is 0 Å². The Labute approximate surface area is 126 Å². The first-order valence-corrected chi connectivity index (χ1v) is 7.66. The molecule has 3 aliphatic rings. The number of anilines is 1. The van der Waals surface area contributed by atoms with Crippen LogP contribution in [-0.4, -0.2) is 38.3 Å². The molecule has 0 spiro atoms. The van der Waals surface area contributed by atoms with Crippen LogP contribution in [0.1, 0.15) is 18.9 Å². The van der Waals surface area contributed by atoms with Gasteiger partial charge in [0.15, 0.2) is 6.73 Å². The van der Waals surface area contributed by atoms with Crippen molar-refractivity contribution >= 4 is 5.69 Å². The Morgan fingerprint density at radius 1 is 1.29 bits per heavy atom. The lowest BCUT2D eigenvalue weighted by atomic mass is 9.71. The number of fused-ring (bicyclic) bond motifs is 2. The molecule has 2 heterocycles. The van der Waals surface area contributed by atoms with Gasteiger partial charge in [0.25, 0.3) is 0 Å². The highest BCUT2D eigenvalue weighted by Crippen LogP contribution is 2.46. The number of likely N-dealkylation sites (tertiary alicyclic amines) is 1. The molecule has 1 aromatic rings. The topological polar surface area (TPSA) is 15.7 Å². The zero-order valence-corrected chi connectivity index (χ0v) is 13.0. The van der Waals surface area contributed by atoms with Gasteiger partial charge in [0, 0.05) is 18.5 Å². The second-order valence-electron chi connectivity index (χ2n) is 6.61. The standard InChI is InChI=1S/C18H22N2O/c1-13-6-7-18(8-9-19(2)17(18)10-13)14-4-5-15-16(11-14)21-12-20(15)3/h4-7,10-11,17H,8-9,12H2,1-3H3/t17-,18-/m0/s1. The second kappa shape index (κ2) is 4.38. The third-order valence-electron chi connectivity index (χ3n) is 5.27. The molecule has 0 radical (unpaired) electrons. The number of ether oxygens (including phenoxy) is 1. The fourth-order valence-corrected chi connectivity index (χ4v) is 3.97. The summed E-state index contributed by atoms with van der Waals surface area (Å²) in [6.45, 7) is 3.98. The summed E-state index contributed by atoms with van der Waals surface area (Å²) in [4.78, 5) is 4.61. The Kier molecular flexibility index (Phi) is 2.70. The number of allylic oxidation sites excluding steroid dienone is 2. The molecule has 2 aliphatic heterocycles. The highest BCUT2D eigenvalue weighted by atomic mass is 16.5. The van der Waals surface area contributed by atoms with E-state index in [9.17, 15) is 0 Å². The minimum atomic E-state index is 0.105. The molecule has 0 amide bonds. The zero-order valence-electron chi connectivity index (χ0n) is 13.0. The minimum absolute atomic E-state index is 0.105. The van der Waals surface area contributed by atoms with Crippen molar-refractivity contribution in [3.8, 4) is 5.75 Å². The van der Waals surface area contributed by atoms with Gasteiger partial charge in [0.05, 0.1) is 5.69 Å². The minimum Gasteiger partial charge on any atom is -0.471 e. The molecular weight excluding hydrogens is 260 g/mol. The quantitative estimate of drug-likeness (QED) is 0.787. The van der Waals surface area contributed by atoms with Crippen molar-refractivity contribution in [1.29, 1.82) is 0 Å². The Hall–Kier alpha value is -1.74. The summed E-state index contributed by atoms with van der Waals surface area (Å²) in [7, 11) is 4.30. The van der Waals surface area contributed by atoms with Crippen LogP contribution < -0.4 is 9.64 Å². The van der Waals surface area contributed by atoms with Crippen LogP contribution in [0.5, 0.6) is 5.75 Å². The molecule has 0 saturated carbocycles. The Bertz CT molecular complexity index is 649. The van der Waals surface area contributed by atoms with Crippen LogP contribution in [0, 0.1) is 0 Å². The van der Waals surface area contributed by atoms with Crippen molar-refractivity contribution in [3.05, 3.63) is 47.6 Å². The van der Waals surface area contributed by atoms with Gasteiger partial charge >= 0.3 is 0 Å². The largest absolute Gasteiger partial charge is 0.471 e. The highest BCUT2D eigenvalue weighted by molar-refractivity contribution is 5.63. The molecule has 21 heavy (non-hydrogen) atoms. The van der Waals surface area contributed by atoms with Gasteiger partial charge in [-0.05, 0) is 44.6 Å². The SMILES string of the molecule is CC1=C[C@@H]2N(C)CC[C@]2(c2ccc3c(c2)OCN3C)C=C1. The molecule has 4 rings (SSSR count). The summed E-state index contributed by atoms with van der Waals surface area (Å²) >= 11 is 0. The van der Waals surface area contributed by atoms with Crippen molar-refractivity contribution in [2.75, 3.05) is 32.3 Å². The van der Waals surface area contributed by atoms with Gasteiger partial charge in [-0.3, -0.25) is 4.90 Å². The Balaban J connectivity index is 1.81.